The Kier molecular flexibility index (Phi) is 5.68. The van der Waals surface area contributed by atoms with Gasteiger partial charge in [0.15, 0.2) is 5.69 Å². The van der Waals surface area contributed by atoms with E-state index in [1.165, 1.54) is 5.56 Å². The Morgan fingerprint density at radius 3 is 2.67 bits per heavy atom. The molecule has 7 nitrogen and oxygen atoms in total. The second-order valence-corrected chi connectivity index (χ2v) is 7.90. The van der Waals surface area contributed by atoms with Crippen LogP contribution >= 0.6 is 0 Å². The van der Waals surface area contributed by atoms with Gasteiger partial charge in [-0.05, 0) is 31.0 Å². The summed E-state index contributed by atoms with van der Waals surface area (Å²) in [5.41, 5.74) is 4.58. The maximum atomic E-state index is 12.6. The van der Waals surface area contributed by atoms with Crippen LogP contribution in [0.4, 0.5) is 0 Å². The highest BCUT2D eigenvalue weighted by Gasteiger charge is 2.19. The van der Waals surface area contributed by atoms with Crippen LogP contribution < -0.4 is 5.32 Å². The van der Waals surface area contributed by atoms with Gasteiger partial charge in [0.2, 0.25) is 11.7 Å². The minimum Gasteiger partial charge on any atom is -0.354 e. The van der Waals surface area contributed by atoms with Gasteiger partial charge in [-0.1, -0.05) is 77.5 Å². The number of carbonyl (C=O) groups is 1. The van der Waals surface area contributed by atoms with Crippen LogP contribution in [0, 0.1) is 6.92 Å². The number of fused-ring (bicyclic) bond motifs is 1. The fraction of sp³-hybridized carbons (Fsp3) is 0.154. The molecule has 0 unspecified atom stereocenters. The molecule has 5 rings (SSSR count). The summed E-state index contributed by atoms with van der Waals surface area (Å²) >= 11 is 0. The summed E-state index contributed by atoms with van der Waals surface area (Å²) in [6.45, 7) is 2.69. The molecule has 0 fully saturated rings. The van der Waals surface area contributed by atoms with E-state index in [1.54, 1.807) is 4.68 Å². The van der Waals surface area contributed by atoms with Crippen molar-refractivity contribution in [3.63, 3.8) is 0 Å². The van der Waals surface area contributed by atoms with Gasteiger partial charge in [0, 0.05) is 17.5 Å². The third-order valence-corrected chi connectivity index (χ3v) is 5.43. The standard InChI is InChI=1S/C26H23N5O2/c1-18-8-7-11-20(16-18)25-28-26(33-30-25)24-21-12-5-6-13-22(21)31(29-24)17-23(32)27-15-14-19-9-3-2-4-10-19/h2-13,16H,14-15,17H2,1H3,(H,27,32). The lowest BCUT2D eigenvalue weighted by atomic mass is 10.1. The van der Waals surface area contributed by atoms with Crippen LogP contribution in [0.25, 0.3) is 33.9 Å². The molecule has 33 heavy (non-hydrogen) atoms. The van der Waals surface area contributed by atoms with E-state index in [-0.39, 0.29) is 12.5 Å². The Morgan fingerprint density at radius 1 is 1.00 bits per heavy atom. The minimum absolute atomic E-state index is 0.100. The van der Waals surface area contributed by atoms with Gasteiger partial charge in [-0.2, -0.15) is 10.1 Å². The maximum absolute atomic E-state index is 12.6. The predicted molar refractivity (Wildman–Crippen MR) is 126 cm³/mol. The lowest BCUT2D eigenvalue weighted by Gasteiger charge is -2.06. The van der Waals surface area contributed by atoms with E-state index in [2.05, 4.69) is 32.7 Å². The van der Waals surface area contributed by atoms with Gasteiger partial charge in [-0.15, -0.1) is 0 Å². The number of amides is 1. The van der Waals surface area contributed by atoms with Crippen LogP contribution in [0.15, 0.2) is 83.4 Å². The van der Waals surface area contributed by atoms with Gasteiger partial charge in [-0.3, -0.25) is 9.48 Å². The molecule has 0 saturated carbocycles. The number of carbonyl (C=O) groups excluding carboxylic acids is 1. The quantitative estimate of drug-likeness (QED) is 0.407. The highest BCUT2D eigenvalue weighted by Crippen LogP contribution is 2.28. The van der Waals surface area contributed by atoms with E-state index >= 15 is 0 Å². The van der Waals surface area contributed by atoms with Gasteiger partial charge in [0.1, 0.15) is 6.54 Å². The predicted octanol–water partition coefficient (Wildman–Crippen LogP) is 4.42. The Labute approximate surface area is 191 Å². The van der Waals surface area contributed by atoms with Gasteiger partial charge in [0.25, 0.3) is 5.89 Å². The SMILES string of the molecule is Cc1cccc(-c2noc(-c3nn(CC(=O)NCCc4ccccc4)c4ccccc34)n2)c1. The van der Waals surface area contributed by atoms with Crippen LogP contribution in [-0.4, -0.2) is 32.4 Å². The molecule has 0 spiro atoms. The molecule has 164 valence electrons. The van der Waals surface area contributed by atoms with Crippen molar-refractivity contribution >= 4 is 16.8 Å². The van der Waals surface area contributed by atoms with Crippen molar-refractivity contribution in [3.05, 3.63) is 90.0 Å². The molecule has 7 heteroatoms. The zero-order valence-corrected chi connectivity index (χ0v) is 18.2. The van der Waals surface area contributed by atoms with E-state index in [0.717, 1.165) is 28.5 Å². The Bertz CT molecular complexity index is 1400. The Morgan fingerprint density at radius 2 is 1.82 bits per heavy atom. The van der Waals surface area contributed by atoms with Crippen LogP contribution in [0.5, 0.6) is 0 Å². The van der Waals surface area contributed by atoms with E-state index < -0.39 is 0 Å². The number of aryl methyl sites for hydroxylation is 1. The van der Waals surface area contributed by atoms with Crippen molar-refractivity contribution in [2.24, 2.45) is 0 Å². The van der Waals surface area contributed by atoms with Crippen molar-refractivity contribution in [3.8, 4) is 23.0 Å². The number of nitrogens with one attached hydrogen (secondary N) is 1. The molecular formula is C26H23N5O2. The van der Waals surface area contributed by atoms with Gasteiger partial charge >= 0.3 is 0 Å². The zero-order chi connectivity index (χ0) is 22.6. The lowest BCUT2D eigenvalue weighted by molar-refractivity contribution is -0.121. The molecule has 0 aliphatic carbocycles. The molecule has 3 aromatic carbocycles. The van der Waals surface area contributed by atoms with E-state index in [1.807, 2.05) is 73.7 Å². The molecule has 0 saturated heterocycles. The summed E-state index contributed by atoms with van der Waals surface area (Å²) in [4.78, 5) is 17.2. The van der Waals surface area contributed by atoms with Crippen LogP contribution in [-0.2, 0) is 17.8 Å². The van der Waals surface area contributed by atoms with Crippen molar-refractivity contribution in [1.29, 1.82) is 0 Å². The summed E-state index contributed by atoms with van der Waals surface area (Å²) in [6.07, 6.45) is 0.779. The van der Waals surface area contributed by atoms with Crippen LogP contribution in [0.3, 0.4) is 0 Å². The Balaban J connectivity index is 1.36. The highest BCUT2D eigenvalue weighted by atomic mass is 16.5. The largest absolute Gasteiger partial charge is 0.354 e. The molecule has 1 amide bonds. The van der Waals surface area contributed by atoms with Crippen LogP contribution in [0.1, 0.15) is 11.1 Å². The lowest BCUT2D eigenvalue weighted by Crippen LogP contribution is -2.29. The first-order valence-electron chi connectivity index (χ1n) is 10.8. The summed E-state index contributed by atoms with van der Waals surface area (Å²) < 4.78 is 7.23. The molecular weight excluding hydrogens is 414 g/mol. The second-order valence-electron chi connectivity index (χ2n) is 7.90. The first-order valence-corrected chi connectivity index (χ1v) is 10.8. The average molecular weight is 438 g/mol. The number of hydrogen-bond donors (Lipinski definition) is 1. The normalized spacial score (nSPS) is 11.1. The first kappa shape index (κ1) is 20.6. The molecule has 0 aliphatic heterocycles. The molecule has 0 aliphatic rings. The average Bonchev–Trinajstić information content (AvgIpc) is 3.45. The fourth-order valence-corrected chi connectivity index (χ4v) is 3.81. The van der Waals surface area contributed by atoms with E-state index in [0.29, 0.717) is 24.0 Å². The van der Waals surface area contributed by atoms with Crippen LogP contribution in [0.2, 0.25) is 0 Å². The van der Waals surface area contributed by atoms with Gasteiger partial charge < -0.3 is 9.84 Å². The third-order valence-electron chi connectivity index (χ3n) is 5.43. The van der Waals surface area contributed by atoms with Gasteiger partial charge in [-0.25, -0.2) is 0 Å². The summed E-state index contributed by atoms with van der Waals surface area (Å²) in [5, 5.41) is 12.6. The molecule has 0 radical (unpaired) electrons. The molecule has 0 atom stereocenters. The maximum Gasteiger partial charge on any atom is 0.279 e. The molecule has 1 N–H and O–H groups in total. The number of benzene rings is 3. The molecule has 2 aromatic heterocycles. The van der Waals surface area contributed by atoms with Gasteiger partial charge in [0.05, 0.1) is 5.52 Å². The fourth-order valence-electron chi connectivity index (χ4n) is 3.81. The van der Waals surface area contributed by atoms with Crippen molar-refractivity contribution < 1.29 is 9.32 Å². The van der Waals surface area contributed by atoms with E-state index in [9.17, 15) is 4.79 Å². The Hall–Kier alpha value is -4.26. The number of para-hydroxylation sites is 1. The van der Waals surface area contributed by atoms with Crippen molar-refractivity contribution in [2.75, 3.05) is 6.54 Å². The molecule has 0 bridgehead atoms. The number of rotatable bonds is 7. The smallest absolute Gasteiger partial charge is 0.279 e. The molecule has 2 heterocycles. The summed E-state index contributed by atoms with van der Waals surface area (Å²) in [7, 11) is 0. The first-order chi connectivity index (χ1) is 16.2. The number of aromatic nitrogens is 4. The molecule has 5 aromatic rings. The number of hydrogen-bond acceptors (Lipinski definition) is 5. The summed E-state index contributed by atoms with van der Waals surface area (Å²) in [6, 6.07) is 25.7. The van der Waals surface area contributed by atoms with Crippen molar-refractivity contribution in [2.45, 2.75) is 19.9 Å². The third kappa shape index (κ3) is 4.52. The highest BCUT2D eigenvalue weighted by molar-refractivity contribution is 5.92. The number of nitrogens with zero attached hydrogens (tertiary/aromatic N) is 4. The topological polar surface area (TPSA) is 85.8 Å². The zero-order valence-electron chi connectivity index (χ0n) is 18.2. The summed E-state index contributed by atoms with van der Waals surface area (Å²) in [5.74, 6) is 0.730. The monoisotopic (exact) mass is 437 g/mol. The van der Waals surface area contributed by atoms with Crippen molar-refractivity contribution in [1.82, 2.24) is 25.2 Å². The van der Waals surface area contributed by atoms with E-state index in [4.69, 9.17) is 4.52 Å². The second kappa shape index (κ2) is 9.08. The minimum atomic E-state index is -0.100.